The lowest BCUT2D eigenvalue weighted by Crippen LogP contribution is -2.24. The van der Waals surface area contributed by atoms with Crippen LogP contribution in [0.2, 0.25) is 0 Å². The van der Waals surface area contributed by atoms with Crippen molar-refractivity contribution < 1.29 is 23.7 Å². The van der Waals surface area contributed by atoms with E-state index in [0.717, 1.165) is 0 Å². The molecule has 1 aliphatic heterocycles. The van der Waals surface area contributed by atoms with E-state index >= 15 is 0 Å². The summed E-state index contributed by atoms with van der Waals surface area (Å²) in [5, 5.41) is 0. The molecule has 1 saturated heterocycles. The van der Waals surface area contributed by atoms with Crippen molar-refractivity contribution in [2.75, 3.05) is 13.7 Å². The predicted molar refractivity (Wildman–Crippen MR) is 38.4 cm³/mol. The molecular formula is C7H12O5. The van der Waals surface area contributed by atoms with Crippen LogP contribution < -0.4 is 0 Å². The first-order valence-electron chi connectivity index (χ1n) is 3.60. The highest BCUT2D eigenvalue weighted by molar-refractivity contribution is 5.59. The van der Waals surface area contributed by atoms with Gasteiger partial charge in [0.1, 0.15) is 6.61 Å². The lowest BCUT2D eigenvalue weighted by atomic mass is 10.4. The zero-order valence-corrected chi connectivity index (χ0v) is 7.33. The maximum absolute atomic E-state index is 10.6. The van der Waals surface area contributed by atoms with E-state index in [-0.39, 0.29) is 6.61 Å². The Morgan fingerprint density at radius 1 is 1.58 bits per heavy atom. The number of hydrogen-bond donors (Lipinski definition) is 0. The fourth-order valence-corrected chi connectivity index (χ4v) is 0.867. The summed E-state index contributed by atoms with van der Waals surface area (Å²) in [7, 11) is 1.24. The van der Waals surface area contributed by atoms with Crippen LogP contribution in [0.15, 0.2) is 0 Å². The fourth-order valence-electron chi connectivity index (χ4n) is 0.867. The molecule has 70 valence electrons. The minimum absolute atomic E-state index is 0.238. The van der Waals surface area contributed by atoms with Crippen molar-refractivity contribution in [3.05, 3.63) is 0 Å². The fraction of sp³-hybridized carbons (Fsp3) is 0.857. The van der Waals surface area contributed by atoms with E-state index < -0.39 is 18.2 Å². The predicted octanol–water partition coefficient (Wildman–Crippen LogP) is 0.878. The SMILES string of the molecule is COC(=O)O[C@@H]1COC(C)(C)O1. The van der Waals surface area contributed by atoms with Crippen molar-refractivity contribution in [3.63, 3.8) is 0 Å². The maximum atomic E-state index is 10.6. The van der Waals surface area contributed by atoms with E-state index in [2.05, 4.69) is 9.47 Å². The molecule has 0 aromatic carbocycles. The zero-order chi connectivity index (χ0) is 9.19. The van der Waals surface area contributed by atoms with E-state index in [1.54, 1.807) is 13.8 Å². The van der Waals surface area contributed by atoms with Gasteiger partial charge in [-0.3, -0.25) is 0 Å². The lowest BCUT2D eigenvalue weighted by molar-refractivity contribution is -0.178. The molecule has 0 radical (unpaired) electrons. The van der Waals surface area contributed by atoms with Crippen LogP contribution in [0.5, 0.6) is 0 Å². The van der Waals surface area contributed by atoms with E-state index in [9.17, 15) is 4.79 Å². The molecule has 0 aromatic heterocycles. The first-order valence-corrected chi connectivity index (χ1v) is 3.60. The topological polar surface area (TPSA) is 54.0 Å². The molecule has 0 saturated carbocycles. The third-order valence-corrected chi connectivity index (χ3v) is 1.38. The van der Waals surface area contributed by atoms with Gasteiger partial charge in [0.05, 0.1) is 7.11 Å². The van der Waals surface area contributed by atoms with Crippen molar-refractivity contribution in [2.45, 2.75) is 25.9 Å². The average molecular weight is 176 g/mol. The van der Waals surface area contributed by atoms with Gasteiger partial charge in [-0.1, -0.05) is 0 Å². The number of carbonyl (C=O) groups excluding carboxylic acids is 1. The molecule has 0 aromatic rings. The van der Waals surface area contributed by atoms with Crippen molar-refractivity contribution in [1.82, 2.24) is 0 Å². The molecule has 5 heteroatoms. The highest BCUT2D eigenvalue weighted by Crippen LogP contribution is 2.22. The molecule has 0 bridgehead atoms. The smallest absolute Gasteiger partial charge is 0.438 e. The summed E-state index contributed by atoms with van der Waals surface area (Å²) in [5.74, 6) is -0.682. The Labute approximate surface area is 70.5 Å². The van der Waals surface area contributed by atoms with Crippen molar-refractivity contribution in [3.8, 4) is 0 Å². The van der Waals surface area contributed by atoms with Crippen molar-refractivity contribution >= 4 is 6.16 Å². The van der Waals surface area contributed by atoms with Gasteiger partial charge >= 0.3 is 6.16 Å². The molecule has 1 heterocycles. The molecule has 1 aliphatic rings. The summed E-state index contributed by atoms with van der Waals surface area (Å²) in [6.07, 6.45) is -1.42. The largest absolute Gasteiger partial charge is 0.510 e. The quantitative estimate of drug-likeness (QED) is 0.555. The molecule has 1 fully saturated rings. The Bertz CT molecular complexity index is 177. The minimum Gasteiger partial charge on any atom is -0.438 e. The Kier molecular flexibility index (Phi) is 2.54. The molecule has 1 rings (SSSR count). The number of carbonyl (C=O) groups is 1. The first-order chi connectivity index (χ1) is 5.53. The van der Waals surface area contributed by atoms with Gasteiger partial charge in [0.15, 0.2) is 5.79 Å². The third-order valence-electron chi connectivity index (χ3n) is 1.38. The lowest BCUT2D eigenvalue weighted by Gasteiger charge is -2.16. The average Bonchev–Trinajstić information content (AvgIpc) is 2.30. The Morgan fingerprint density at radius 2 is 2.25 bits per heavy atom. The Hall–Kier alpha value is -0.810. The molecule has 5 nitrogen and oxygen atoms in total. The molecule has 0 spiro atoms. The second-order valence-corrected chi connectivity index (χ2v) is 2.83. The van der Waals surface area contributed by atoms with Gasteiger partial charge in [0.25, 0.3) is 0 Å². The van der Waals surface area contributed by atoms with E-state index in [1.165, 1.54) is 7.11 Å². The van der Waals surface area contributed by atoms with Crippen molar-refractivity contribution in [1.29, 1.82) is 0 Å². The molecular weight excluding hydrogens is 164 g/mol. The highest BCUT2D eigenvalue weighted by Gasteiger charge is 2.35. The van der Waals surface area contributed by atoms with E-state index in [1.807, 2.05) is 0 Å². The molecule has 0 amide bonds. The Balaban J connectivity index is 2.33. The van der Waals surface area contributed by atoms with E-state index in [4.69, 9.17) is 9.47 Å². The van der Waals surface area contributed by atoms with Crippen molar-refractivity contribution in [2.24, 2.45) is 0 Å². The molecule has 0 unspecified atom stereocenters. The van der Waals surface area contributed by atoms with Gasteiger partial charge in [-0.05, 0) is 13.8 Å². The van der Waals surface area contributed by atoms with Crippen LogP contribution in [0.1, 0.15) is 13.8 Å². The first kappa shape index (κ1) is 9.28. The molecule has 0 N–H and O–H groups in total. The van der Waals surface area contributed by atoms with Crippen LogP contribution in [-0.2, 0) is 18.9 Å². The van der Waals surface area contributed by atoms with Gasteiger partial charge in [-0.25, -0.2) is 4.79 Å². The van der Waals surface area contributed by atoms with Gasteiger partial charge in [-0.15, -0.1) is 0 Å². The normalized spacial score (nSPS) is 26.8. The van der Waals surface area contributed by atoms with Gasteiger partial charge in [0.2, 0.25) is 6.29 Å². The monoisotopic (exact) mass is 176 g/mol. The zero-order valence-electron chi connectivity index (χ0n) is 7.33. The van der Waals surface area contributed by atoms with E-state index in [0.29, 0.717) is 0 Å². The van der Waals surface area contributed by atoms with Crippen LogP contribution >= 0.6 is 0 Å². The van der Waals surface area contributed by atoms with Crippen LogP contribution in [-0.4, -0.2) is 31.9 Å². The summed E-state index contributed by atoms with van der Waals surface area (Å²) >= 11 is 0. The van der Waals surface area contributed by atoms with Crippen LogP contribution in [0.25, 0.3) is 0 Å². The van der Waals surface area contributed by atoms with Crippen LogP contribution in [0.4, 0.5) is 4.79 Å². The summed E-state index contributed by atoms with van der Waals surface area (Å²) < 4.78 is 19.3. The highest BCUT2D eigenvalue weighted by atomic mass is 16.9. The second-order valence-electron chi connectivity index (χ2n) is 2.83. The number of hydrogen-bond acceptors (Lipinski definition) is 5. The number of ether oxygens (including phenoxy) is 4. The second kappa shape index (κ2) is 3.28. The van der Waals surface area contributed by atoms with Crippen LogP contribution in [0.3, 0.4) is 0 Å². The summed E-state index contributed by atoms with van der Waals surface area (Å²) in [6, 6.07) is 0. The van der Waals surface area contributed by atoms with Crippen LogP contribution in [0, 0.1) is 0 Å². The molecule has 12 heavy (non-hydrogen) atoms. The molecule has 0 aliphatic carbocycles. The molecule has 1 atom stereocenters. The minimum atomic E-state index is -0.763. The van der Waals surface area contributed by atoms with Gasteiger partial charge < -0.3 is 18.9 Å². The summed E-state index contributed by atoms with van der Waals surface area (Å²) in [4.78, 5) is 10.6. The Morgan fingerprint density at radius 3 is 2.67 bits per heavy atom. The standard InChI is InChI=1S/C7H12O5/c1-7(2)10-4-5(12-7)11-6(8)9-3/h5H,4H2,1-3H3/t5-/m0/s1. The summed E-state index contributed by atoms with van der Waals surface area (Å²) in [6.45, 7) is 3.73. The number of rotatable bonds is 1. The van der Waals surface area contributed by atoms with Gasteiger partial charge in [0, 0.05) is 0 Å². The maximum Gasteiger partial charge on any atom is 0.510 e. The number of methoxy groups -OCH3 is 1. The summed E-state index contributed by atoms with van der Waals surface area (Å²) in [5.41, 5.74) is 0. The third kappa shape index (κ3) is 2.35. The van der Waals surface area contributed by atoms with Gasteiger partial charge in [-0.2, -0.15) is 0 Å².